The summed E-state index contributed by atoms with van der Waals surface area (Å²) in [5.41, 5.74) is 6.91. The first-order chi connectivity index (χ1) is 9.24. The summed E-state index contributed by atoms with van der Waals surface area (Å²) < 4.78 is 0.814. The third-order valence-corrected chi connectivity index (χ3v) is 4.45. The summed E-state index contributed by atoms with van der Waals surface area (Å²) >= 11 is 6.98. The van der Waals surface area contributed by atoms with E-state index in [1.165, 1.54) is 11.1 Å². The molecule has 0 aromatic heterocycles. The first-order valence-corrected chi connectivity index (χ1v) is 7.41. The highest BCUT2D eigenvalue weighted by Crippen LogP contribution is 2.39. The van der Waals surface area contributed by atoms with Crippen LogP contribution >= 0.6 is 24.0 Å². The number of nitrogens with zero attached hydrogens (tertiary/aromatic N) is 1. The van der Waals surface area contributed by atoms with E-state index in [1.807, 2.05) is 18.2 Å². The molecule has 0 bridgehead atoms. The first-order valence-electron chi connectivity index (χ1n) is 6.12. The molecule has 1 unspecified atom stereocenters. The van der Waals surface area contributed by atoms with E-state index in [-0.39, 0.29) is 5.37 Å². The zero-order valence-corrected chi connectivity index (χ0v) is 12.2. The Balaban J connectivity index is 1.95. The Kier molecular flexibility index (Phi) is 3.44. The van der Waals surface area contributed by atoms with Crippen LogP contribution < -0.4 is 10.4 Å². The summed E-state index contributed by atoms with van der Waals surface area (Å²) in [5, 5.41) is 2.31. The van der Waals surface area contributed by atoms with Crippen LogP contribution in [0.25, 0.3) is 0 Å². The highest BCUT2D eigenvalue weighted by molar-refractivity contribution is 8.23. The Morgan fingerprint density at radius 2 is 1.74 bits per heavy atom. The van der Waals surface area contributed by atoms with E-state index in [0.717, 1.165) is 10.0 Å². The van der Waals surface area contributed by atoms with Crippen molar-refractivity contribution in [1.29, 1.82) is 0 Å². The van der Waals surface area contributed by atoms with Gasteiger partial charge in [-0.1, -0.05) is 72.0 Å². The Morgan fingerprint density at radius 3 is 2.42 bits per heavy atom. The molecular weight excluding hydrogens is 272 g/mol. The minimum Gasteiger partial charge on any atom is -0.281 e. The maximum atomic E-state index is 5.31. The fraction of sp³-hybridized carbons (Fsp3) is 0.133. The summed E-state index contributed by atoms with van der Waals surface area (Å²) in [5.74, 6) is 0. The van der Waals surface area contributed by atoms with Gasteiger partial charge in [0.2, 0.25) is 0 Å². The van der Waals surface area contributed by atoms with Gasteiger partial charge in [-0.05, 0) is 24.6 Å². The molecule has 0 radical (unpaired) electrons. The molecule has 3 rings (SSSR count). The molecule has 96 valence electrons. The van der Waals surface area contributed by atoms with Crippen LogP contribution in [0, 0.1) is 6.92 Å². The number of anilines is 1. The molecule has 0 saturated carbocycles. The molecule has 1 N–H and O–H groups in total. The minimum atomic E-state index is 0.190. The quantitative estimate of drug-likeness (QED) is 0.838. The molecule has 2 aromatic carbocycles. The summed E-state index contributed by atoms with van der Waals surface area (Å²) in [6.45, 7) is 2.10. The van der Waals surface area contributed by atoms with Crippen LogP contribution in [-0.2, 0) is 0 Å². The monoisotopic (exact) mass is 286 g/mol. The van der Waals surface area contributed by atoms with Crippen molar-refractivity contribution >= 4 is 34.0 Å². The average molecular weight is 286 g/mol. The SMILES string of the molecule is Cc1ccc(C2SC(=S)NN2c2ccccc2)cc1. The van der Waals surface area contributed by atoms with Crippen molar-refractivity contribution in [3.05, 3.63) is 65.7 Å². The molecule has 1 aliphatic rings. The van der Waals surface area contributed by atoms with E-state index in [4.69, 9.17) is 12.2 Å². The van der Waals surface area contributed by atoms with E-state index in [0.29, 0.717) is 0 Å². The van der Waals surface area contributed by atoms with Crippen molar-refractivity contribution in [1.82, 2.24) is 5.43 Å². The lowest BCUT2D eigenvalue weighted by molar-refractivity contribution is 0.781. The highest BCUT2D eigenvalue weighted by atomic mass is 32.2. The van der Waals surface area contributed by atoms with Gasteiger partial charge in [-0.2, -0.15) is 0 Å². The number of thioether (sulfide) groups is 1. The summed E-state index contributed by atoms with van der Waals surface area (Å²) in [6.07, 6.45) is 0. The second kappa shape index (κ2) is 5.23. The van der Waals surface area contributed by atoms with Gasteiger partial charge in [-0.15, -0.1) is 0 Å². The molecule has 1 atom stereocenters. The number of para-hydroxylation sites is 1. The van der Waals surface area contributed by atoms with Gasteiger partial charge in [0, 0.05) is 0 Å². The van der Waals surface area contributed by atoms with Gasteiger partial charge in [-0.3, -0.25) is 10.4 Å². The number of hydrogen-bond acceptors (Lipinski definition) is 3. The third kappa shape index (κ3) is 2.60. The topological polar surface area (TPSA) is 15.3 Å². The van der Waals surface area contributed by atoms with Crippen LogP contribution in [0.5, 0.6) is 0 Å². The first kappa shape index (κ1) is 12.5. The van der Waals surface area contributed by atoms with Crippen molar-refractivity contribution in [2.75, 3.05) is 5.01 Å². The molecular formula is C15H14N2S2. The lowest BCUT2D eigenvalue weighted by Gasteiger charge is -2.25. The number of rotatable bonds is 2. The van der Waals surface area contributed by atoms with Gasteiger partial charge in [0.05, 0.1) is 5.69 Å². The number of hydrogen-bond donors (Lipinski definition) is 1. The fourth-order valence-corrected chi connectivity index (χ4v) is 3.37. The lowest BCUT2D eigenvalue weighted by Crippen LogP contribution is -2.34. The van der Waals surface area contributed by atoms with Gasteiger partial charge >= 0.3 is 0 Å². The van der Waals surface area contributed by atoms with Gasteiger partial charge in [0.25, 0.3) is 0 Å². The van der Waals surface area contributed by atoms with E-state index in [1.54, 1.807) is 11.8 Å². The molecule has 1 fully saturated rings. The molecule has 0 amide bonds. The summed E-state index contributed by atoms with van der Waals surface area (Å²) in [4.78, 5) is 0. The molecule has 2 nitrogen and oxygen atoms in total. The maximum Gasteiger partial charge on any atom is 0.154 e. The van der Waals surface area contributed by atoms with Crippen LogP contribution in [0.1, 0.15) is 16.5 Å². The van der Waals surface area contributed by atoms with Crippen LogP contribution in [0.3, 0.4) is 0 Å². The number of hydrazine groups is 1. The standard InChI is InChI=1S/C15H14N2S2/c1-11-7-9-12(10-8-11)14-17(16-15(18)19-14)13-5-3-2-4-6-13/h2-10,14H,1H3,(H,16,18). The van der Waals surface area contributed by atoms with Crippen LogP contribution in [-0.4, -0.2) is 4.32 Å². The highest BCUT2D eigenvalue weighted by Gasteiger charge is 2.30. The number of aryl methyl sites for hydroxylation is 1. The molecule has 1 heterocycles. The van der Waals surface area contributed by atoms with Gasteiger partial charge in [0.1, 0.15) is 5.37 Å². The van der Waals surface area contributed by atoms with E-state index in [2.05, 4.69) is 53.8 Å². The molecule has 0 spiro atoms. The minimum absolute atomic E-state index is 0.190. The Hall–Kier alpha value is -1.52. The van der Waals surface area contributed by atoms with Crippen molar-refractivity contribution in [3.63, 3.8) is 0 Å². The third-order valence-electron chi connectivity index (χ3n) is 3.06. The van der Waals surface area contributed by atoms with Crippen LogP contribution in [0.2, 0.25) is 0 Å². The van der Waals surface area contributed by atoms with Crippen molar-refractivity contribution in [2.24, 2.45) is 0 Å². The molecule has 1 aliphatic heterocycles. The molecule has 0 aliphatic carbocycles. The largest absolute Gasteiger partial charge is 0.281 e. The Bertz CT molecular complexity index is 581. The lowest BCUT2D eigenvalue weighted by atomic mass is 10.1. The van der Waals surface area contributed by atoms with Crippen molar-refractivity contribution in [3.8, 4) is 0 Å². The van der Waals surface area contributed by atoms with Crippen LogP contribution in [0.15, 0.2) is 54.6 Å². The van der Waals surface area contributed by atoms with Gasteiger partial charge in [0.15, 0.2) is 4.32 Å². The summed E-state index contributed by atoms with van der Waals surface area (Å²) in [7, 11) is 0. The van der Waals surface area contributed by atoms with Crippen LogP contribution in [0.4, 0.5) is 5.69 Å². The van der Waals surface area contributed by atoms with Crippen molar-refractivity contribution in [2.45, 2.75) is 12.3 Å². The Morgan fingerprint density at radius 1 is 1.05 bits per heavy atom. The number of nitrogens with one attached hydrogen (secondary N) is 1. The fourth-order valence-electron chi connectivity index (χ4n) is 2.07. The predicted octanol–water partition coefficient (Wildman–Crippen LogP) is 4.04. The van der Waals surface area contributed by atoms with E-state index in [9.17, 15) is 0 Å². The normalized spacial score (nSPS) is 18.5. The number of benzene rings is 2. The molecule has 1 saturated heterocycles. The van der Waals surface area contributed by atoms with E-state index < -0.39 is 0 Å². The van der Waals surface area contributed by atoms with Crippen molar-refractivity contribution < 1.29 is 0 Å². The second-order valence-electron chi connectivity index (χ2n) is 4.49. The predicted molar refractivity (Wildman–Crippen MR) is 86.2 cm³/mol. The second-order valence-corrected chi connectivity index (χ2v) is 6.24. The average Bonchev–Trinajstić information content (AvgIpc) is 2.83. The zero-order valence-electron chi connectivity index (χ0n) is 10.5. The number of thiocarbonyl (C=S) groups is 1. The zero-order chi connectivity index (χ0) is 13.2. The molecule has 4 heteroatoms. The van der Waals surface area contributed by atoms with Gasteiger partial charge in [-0.25, -0.2) is 0 Å². The maximum absolute atomic E-state index is 5.31. The van der Waals surface area contributed by atoms with Gasteiger partial charge < -0.3 is 0 Å². The molecule has 19 heavy (non-hydrogen) atoms. The molecule has 2 aromatic rings. The smallest absolute Gasteiger partial charge is 0.154 e. The Labute approximate surface area is 122 Å². The van der Waals surface area contributed by atoms with E-state index >= 15 is 0 Å². The summed E-state index contributed by atoms with van der Waals surface area (Å²) in [6, 6.07) is 18.9.